The van der Waals surface area contributed by atoms with Crippen LogP contribution in [0, 0.1) is 6.92 Å². The van der Waals surface area contributed by atoms with Crippen molar-refractivity contribution in [3.63, 3.8) is 0 Å². The molecule has 1 rings (SSSR count). The van der Waals surface area contributed by atoms with E-state index in [1.165, 1.54) is 7.11 Å². The van der Waals surface area contributed by atoms with Gasteiger partial charge in [-0.25, -0.2) is 5.43 Å². The second-order valence-electron chi connectivity index (χ2n) is 3.91. The predicted molar refractivity (Wildman–Crippen MR) is 68.4 cm³/mol. The lowest BCUT2D eigenvalue weighted by Crippen LogP contribution is -2.20. The zero-order chi connectivity index (χ0) is 13.5. The van der Waals surface area contributed by atoms with E-state index in [1.807, 2.05) is 19.1 Å². The first kappa shape index (κ1) is 13.9. The van der Waals surface area contributed by atoms with Crippen molar-refractivity contribution in [2.75, 3.05) is 7.11 Å². The molecular formula is C13H16N2O3. The average molecular weight is 248 g/mol. The van der Waals surface area contributed by atoms with Crippen LogP contribution in [0.4, 0.5) is 0 Å². The van der Waals surface area contributed by atoms with Gasteiger partial charge in [0.2, 0.25) is 0 Å². The zero-order valence-corrected chi connectivity index (χ0v) is 10.7. The molecule has 0 aliphatic carbocycles. The number of carbonyl (C=O) groups is 2. The number of methoxy groups -OCH3 is 1. The Morgan fingerprint density at radius 1 is 1.28 bits per heavy atom. The van der Waals surface area contributed by atoms with E-state index in [-0.39, 0.29) is 18.3 Å². The summed E-state index contributed by atoms with van der Waals surface area (Å²) in [6.07, 6.45) is 0.0602. The molecule has 18 heavy (non-hydrogen) atoms. The van der Waals surface area contributed by atoms with Crippen LogP contribution in [0.1, 0.15) is 29.3 Å². The van der Waals surface area contributed by atoms with Crippen LogP contribution in [0.3, 0.4) is 0 Å². The number of benzene rings is 1. The molecule has 1 aromatic carbocycles. The minimum Gasteiger partial charge on any atom is -0.469 e. The lowest BCUT2D eigenvalue weighted by atomic mass is 10.1. The van der Waals surface area contributed by atoms with Gasteiger partial charge in [-0.2, -0.15) is 5.10 Å². The summed E-state index contributed by atoms with van der Waals surface area (Å²) in [5, 5.41) is 3.83. The Bertz CT molecular complexity index is 464. The standard InChI is InChI=1S/C13H16N2O3/c1-9-4-6-11(7-5-9)13(17)15-14-10(2)8-12(16)18-3/h4-7H,8H2,1-3H3,(H,15,17)/b14-10+. The third-order valence-corrected chi connectivity index (χ3v) is 2.29. The van der Waals surface area contributed by atoms with Gasteiger partial charge in [0, 0.05) is 11.3 Å². The minimum absolute atomic E-state index is 0.0602. The van der Waals surface area contributed by atoms with Crippen LogP contribution in [0.25, 0.3) is 0 Å². The fourth-order valence-electron chi connectivity index (χ4n) is 1.24. The molecule has 1 N–H and O–H groups in total. The highest BCUT2D eigenvalue weighted by molar-refractivity contribution is 5.99. The van der Waals surface area contributed by atoms with Gasteiger partial charge in [0.25, 0.3) is 5.91 Å². The first-order valence-corrected chi connectivity index (χ1v) is 5.50. The fourth-order valence-corrected chi connectivity index (χ4v) is 1.24. The highest BCUT2D eigenvalue weighted by Crippen LogP contribution is 2.02. The fraction of sp³-hybridized carbons (Fsp3) is 0.308. The Morgan fingerprint density at radius 3 is 2.44 bits per heavy atom. The van der Waals surface area contributed by atoms with Crippen LogP contribution in [-0.4, -0.2) is 24.7 Å². The molecule has 1 amide bonds. The first-order valence-electron chi connectivity index (χ1n) is 5.50. The van der Waals surface area contributed by atoms with E-state index in [9.17, 15) is 9.59 Å². The van der Waals surface area contributed by atoms with Crippen LogP contribution < -0.4 is 5.43 Å². The van der Waals surface area contributed by atoms with Crippen LogP contribution in [0.15, 0.2) is 29.4 Å². The number of carbonyl (C=O) groups excluding carboxylic acids is 2. The second kappa shape index (κ2) is 6.54. The molecule has 0 aliphatic heterocycles. The maximum atomic E-state index is 11.7. The zero-order valence-electron chi connectivity index (χ0n) is 10.7. The highest BCUT2D eigenvalue weighted by atomic mass is 16.5. The summed E-state index contributed by atoms with van der Waals surface area (Å²) in [5.74, 6) is -0.694. The third-order valence-electron chi connectivity index (χ3n) is 2.29. The van der Waals surface area contributed by atoms with Crippen molar-refractivity contribution >= 4 is 17.6 Å². The Morgan fingerprint density at radius 2 is 1.89 bits per heavy atom. The smallest absolute Gasteiger partial charge is 0.311 e. The van der Waals surface area contributed by atoms with E-state index in [1.54, 1.807) is 19.1 Å². The van der Waals surface area contributed by atoms with Gasteiger partial charge >= 0.3 is 5.97 Å². The number of nitrogens with zero attached hydrogens (tertiary/aromatic N) is 1. The van der Waals surface area contributed by atoms with Gasteiger partial charge in [-0.1, -0.05) is 17.7 Å². The molecule has 0 aliphatic rings. The predicted octanol–water partition coefficient (Wildman–Crippen LogP) is 1.66. The van der Waals surface area contributed by atoms with E-state index in [0.29, 0.717) is 11.3 Å². The molecule has 0 atom stereocenters. The molecule has 5 heteroatoms. The summed E-state index contributed by atoms with van der Waals surface area (Å²) < 4.78 is 4.49. The summed E-state index contributed by atoms with van der Waals surface area (Å²) >= 11 is 0. The lowest BCUT2D eigenvalue weighted by Gasteiger charge is -2.02. The molecule has 96 valence electrons. The maximum Gasteiger partial charge on any atom is 0.311 e. The normalized spacial score (nSPS) is 10.9. The number of ether oxygens (including phenoxy) is 1. The molecule has 1 aromatic rings. The number of hydrogen-bond acceptors (Lipinski definition) is 4. The molecule has 0 saturated heterocycles. The average Bonchev–Trinajstić information content (AvgIpc) is 2.36. The van der Waals surface area contributed by atoms with Crippen molar-refractivity contribution < 1.29 is 14.3 Å². The van der Waals surface area contributed by atoms with Gasteiger partial charge in [-0.3, -0.25) is 9.59 Å². The van der Waals surface area contributed by atoms with Gasteiger partial charge in [-0.15, -0.1) is 0 Å². The van der Waals surface area contributed by atoms with Gasteiger partial charge in [0.15, 0.2) is 0 Å². The van der Waals surface area contributed by atoms with Crippen molar-refractivity contribution in [2.45, 2.75) is 20.3 Å². The van der Waals surface area contributed by atoms with Gasteiger partial charge in [0.05, 0.1) is 13.5 Å². The Hall–Kier alpha value is -2.17. The third kappa shape index (κ3) is 4.37. The topological polar surface area (TPSA) is 67.8 Å². The molecule has 0 saturated carbocycles. The maximum absolute atomic E-state index is 11.7. The van der Waals surface area contributed by atoms with Gasteiger partial charge in [0.1, 0.15) is 0 Å². The molecule has 0 bridgehead atoms. The van der Waals surface area contributed by atoms with E-state index >= 15 is 0 Å². The number of hydrazone groups is 1. The van der Waals surface area contributed by atoms with Crippen molar-refractivity contribution in [2.24, 2.45) is 5.10 Å². The van der Waals surface area contributed by atoms with Gasteiger partial charge < -0.3 is 4.74 Å². The first-order chi connectivity index (χ1) is 8.52. The second-order valence-corrected chi connectivity index (χ2v) is 3.91. The van der Waals surface area contributed by atoms with E-state index in [2.05, 4.69) is 15.3 Å². The number of esters is 1. The summed E-state index contributed by atoms with van der Waals surface area (Å²) in [6.45, 7) is 3.59. The summed E-state index contributed by atoms with van der Waals surface area (Å²) in [7, 11) is 1.31. The molecular weight excluding hydrogens is 232 g/mol. The number of hydrogen-bond donors (Lipinski definition) is 1. The van der Waals surface area contributed by atoms with Crippen molar-refractivity contribution in [3.05, 3.63) is 35.4 Å². The largest absolute Gasteiger partial charge is 0.469 e. The number of nitrogens with one attached hydrogen (secondary N) is 1. The van der Waals surface area contributed by atoms with Gasteiger partial charge in [-0.05, 0) is 26.0 Å². The minimum atomic E-state index is -0.388. The highest BCUT2D eigenvalue weighted by Gasteiger charge is 2.05. The van der Waals surface area contributed by atoms with Crippen molar-refractivity contribution in [3.8, 4) is 0 Å². The molecule has 0 radical (unpaired) electrons. The quantitative estimate of drug-likeness (QED) is 0.500. The van der Waals surface area contributed by atoms with Crippen molar-refractivity contribution in [1.82, 2.24) is 5.43 Å². The molecule has 0 unspecified atom stereocenters. The van der Waals surface area contributed by atoms with Crippen LogP contribution in [0.2, 0.25) is 0 Å². The Balaban J connectivity index is 2.57. The summed E-state index contributed by atoms with van der Waals surface area (Å²) in [6, 6.07) is 7.13. The monoisotopic (exact) mass is 248 g/mol. The number of aryl methyl sites for hydroxylation is 1. The van der Waals surface area contributed by atoms with E-state index < -0.39 is 0 Å². The molecule has 5 nitrogen and oxygen atoms in total. The molecule has 0 spiro atoms. The lowest BCUT2D eigenvalue weighted by molar-refractivity contribution is -0.139. The SMILES string of the molecule is COC(=O)C/C(C)=N/NC(=O)c1ccc(C)cc1. The number of amides is 1. The summed E-state index contributed by atoms with van der Waals surface area (Å²) in [4.78, 5) is 22.6. The van der Waals surface area contributed by atoms with E-state index in [0.717, 1.165) is 5.56 Å². The van der Waals surface area contributed by atoms with Crippen LogP contribution >= 0.6 is 0 Å². The number of rotatable bonds is 4. The molecule has 0 heterocycles. The summed E-state index contributed by atoms with van der Waals surface area (Å²) in [5.41, 5.74) is 4.48. The van der Waals surface area contributed by atoms with Crippen molar-refractivity contribution in [1.29, 1.82) is 0 Å². The van der Waals surface area contributed by atoms with Crippen LogP contribution in [0.5, 0.6) is 0 Å². The molecule has 0 aromatic heterocycles. The Kier molecular flexibility index (Phi) is 5.05. The van der Waals surface area contributed by atoms with Crippen LogP contribution in [-0.2, 0) is 9.53 Å². The molecule has 0 fully saturated rings. The Labute approximate surface area is 106 Å². The van der Waals surface area contributed by atoms with E-state index in [4.69, 9.17) is 0 Å².